The maximum absolute atomic E-state index is 9.10. The number of benzene rings is 1. The summed E-state index contributed by atoms with van der Waals surface area (Å²) < 4.78 is 5.29. The van der Waals surface area contributed by atoms with E-state index in [-0.39, 0.29) is 0 Å². The molecule has 1 heterocycles. The Balaban J connectivity index is 2.55. The average Bonchev–Trinajstić information content (AvgIpc) is 2.78. The molecule has 1 aromatic carbocycles. The lowest BCUT2D eigenvalue weighted by Gasteiger charge is -2.08. The van der Waals surface area contributed by atoms with E-state index in [9.17, 15) is 0 Å². The molecule has 0 saturated carbocycles. The summed E-state index contributed by atoms with van der Waals surface area (Å²) >= 11 is 0. The van der Waals surface area contributed by atoms with E-state index >= 15 is 0 Å². The van der Waals surface area contributed by atoms with Crippen LogP contribution < -0.4 is 10.5 Å². The number of anilines is 1. The summed E-state index contributed by atoms with van der Waals surface area (Å²) in [6.07, 6.45) is 2.63. The maximum Gasteiger partial charge on any atom is 0.122 e. The highest BCUT2D eigenvalue weighted by Crippen LogP contribution is 2.31. The van der Waals surface area contributed by atoms with Gasteiger partial charge in [-0.05, 0) is 29.7 Å². The number of methoxy groups -OCH3 is 1. The number of hydrogen-bond acceptors (Lipinski definition) is 3. The zero-order valence-electron chi connectivity index (χ0n) is 10.4. The van der Waals surface area contributed by atoms with Gasteiger partial charge in [0, 0.05) is 11.8 Å². The number of nitrogens with zero attached hydrogens (tertiary/aromatic N) is 1. The number of nitrogens with one attached hydrogen (secondary N) is 1. The van der Waals surface area contributed by atoms with Gasteiger partial charge in [0.15, 0.2) is 0 Å². The highest BCUT2D eigenvalue weighted by Gasteiger charge is 2.12. The molecule has 0 bridgehead atoms. The summed E-state index contributed by atoms with van der Waals surface area (Å²) in [5.41, 5.74) is 9.11. The van der Waals surface area contributed by atoms with Gasteiger partial charge in [0.25, 0.3) is 0 Å². The third-order valence-corrected chi connectivity index (χ3v) is 2.99. The van der Waals surface area contributed by atoms with Gasteiger partial charge >= 0.3 is 0 Å². The number of ether oxygens (including phenoxy) is 1. The summed E-state index contributed by atoms with van der Waals surface area (Å²) in [6.45, 7) is 2.07. The lowest BCUT2D eigenvalue weighted by molar-refractivity contribution is 0.410. The number of aromatic nitrogens is 1. The number of aryl methyl sites for hydroxylation is 1. The SMILES string of the molecule is CCc1cc(-c2c[nH]c(N)c2C#N)ccc1OC. The van der Waals surface area contributed by atoms with E-state index in [4.69, 9.17) is 15.7 Å². The van der Waals surface area contributed by atoms with Gasteiger partial charge in [0.05, 0.1) is 7.11 Å². The zero-order valence-corrected chi connectivity index (χ0v) is 10.4. The first-order valence-corrected chi connectivity index (χ1v) is 5.75. The molecule has 0 amide bonds. The zero-order chi connectivity index (χ0) is 13.1. The number of nitriles is 1. The molecule has 0 aliphatic rings. The third-order valence-electron chi connectivity index (χ3n) is 2.99. The van der Waals surface area contributed by atoms with Gasteiger partial charge in [-0.2, -0.15) is 5.26 Å². The molecule has 0 atom stereocenters. The summed E-state index contributed by atoms with van der Waals surface area (Å²) in [4.78, 5) is 2.88. The molecule has 92 valence electrons. The Labute approximate surface area is 106 Å². The van der Waals surface area contributed by atoms with Gasteiger partial charge in [0.1, 0.15) is 23.2 Å². The van der Waals surface area contributed by atoms with Crippen molar-refractivity contribution in [3.8, 4) is 22.9 Å². The monoisotopic (exact) mass is 241 g/mol. The predicted molar refractivity (Wildman–Crippen MR) is 71.3 cm³/mol. The summed E-state index contributed by atoms with van der Waals surface area (Å²) in [6, 6.07) is 8.00. The van der Waals surface area contributed by atoms with E-state index in [2.05, 4.69) is 18.0 Å². The number of hydrogen-bond donors (Lipinski definition) is 2. The standard InChI is InChI=1S/C14H15N3O/c1-3-9-6-10(4-5-13(9)18-2)12-8-17-14(16)11(12)7-15/h4-6,8,17H,3,16H2,1-2H3. The molecular formula is C14H15N3O. The van der Waals surface area contributed by atoms with Crippen LogP contribution in [-0.4, -0.2) is 12.1 Å². The van der Waals surface area contributed by atoms with Crippen LogP contribution in [0.2, 0.25) is 0 Å². The molecule has 0 aliphatic heterocycles. The Morgan fingerprint density at radius 1 is 1.44 bits per heavy atom. The van der Waals surface area contributed by atoms with Crippen molar-refractivity contribution in [3.05, 3.63) is 35.5 Å². The van der Waals surface area contributed by atoms with Crippen molar-refractivity contribution in [2.45, 2.75) is 13.3 Å². The Morgan fingerprint density at radius 2 is 2.22 bits per heavy atom. The second-order valence-electron chi connectivity index (χ2n) is 3.98. The number of nitrogen functional groups attached to an aromatic ring is 1. The molecule has 4 nitrogen and oxygen atoms in total. The van der Waals surface area contributed by atoms with Gasteiger partial charge in [-0.25, -0.2) is 0 Å². The van der Waals surface area contributed by atoms with Crippen molar-refractivity contribution in [2.24, 2.45) is 0 Å². The Hall–Kier alpha value is -2.41. The average molecular weight is 241 g/mol. The van der Waals surface area contributed by atoms with E-state index < -0.39 is 0 Å². The number of H-pyrrole nitrogens is 1. The van der Waals surface area contributed by atoms with E-state index in [0.717, 1.165) is 28.9 Å². The van der Waals surface area contributed by atoms with Gasteiger partial charge in [0.2, 0.25) is 0 Å². The minimum absolute atomic E-state index is 0.404. The fraction of sp³-hybridized carbons (Fsp3) is 0.214. The van der Waals surface area contributed by atoms with Crippen molar-refractivity contribution in [2.75, 3.05) is 12.8 Å². The van der Waals surface area contributed by atoms with Crippen LogP contribution in [-0.2, 0) is 6.42 Å². The fourth-order valence-corrected chi connectivity index (χ4v) is 2.01. The number of rotatable bonds is 3. The van der Waals surface area contributed by atoms with Crippen LogP contribution in [0, 0.1) is 11.3 Å². The van der Waals surface area contributed by atoms with Crippen molar-refractivity contribution >= 4 is 5.82 Å². The molecular weight excluding hydrogens is 226 g/mol. The predicted octanol–water partition coefficient (Wildman–Crippen LogP) is 2.71. The lowest BCUT2D eigenvalue weighted by Crippen LogP contribution is -1.92. The van der Waals surface area contributed by atoms with Crippen LogP contribution >= 0.6 is 0 Å². The fourth-order valence-electron chi connectivity index (χ4n) is 2.01. The first-order valence-electron chi connectivity index (χ1n) is 5.75. The molecule has 0 fully saturated rings. The number of aromatic amines is 1. The van der Waals surface area contributed by atoms with E-state index in [0.29, 0.717) is 11.4 Å². The molecule has 2 rings (SSSR count). The van der Waals surface area contributed by atoms with Crippen molar-refractivity contribution < 1.29 is 4.74 Å². The van der Waals surface area contributed by atoms with E-state index in [1.807, 2.05) is 18.2 Å². The molecule has 0 unspecified atom stereocenters. The molecule has 4 heteroatoms. The van der Waals surface area contributed by atoms with Gasteiger partial charge in [-0.15, -0.1) is 0 Å². The summed E-state index contributed by atoms with van der Waals surface area (Å²) in [5, 5.41) is 9.10. The summed E-state index contributed by atoms with van der Waals surface area (Å²) in [7, 11) is 1.66. The van der Waals surface area contributed by atoms with Crippen molar-refractivity contribution in [1.82, 2.24) is 4.98 Å². The molecule has 0 aliphatic carbocycles. The third kappa shape index (κ3) is 1.91. The maximum atomic E-state index is 9.10. The molecule has 2 aromatic rings. The minimum Gasteiger partial charge on any atom is -0.496 e. The molecule has 3 N–H and O–H groups in total. The first kappa shape index (κ1) is 12.1. The topological polar surface area (TPSA) is 74.8 Å². The normalized spacial score (nSPS) is 10.1. The smallest absolute Gasteiger partial charge is 0.122 e. The highest BCUT2D eigenvalue weighted by atomic mass is 16.5. The molecule has 1 aromatic heterocycles. The Morgan fingerprint density at radius 3 is 2.83 bits per heavy atom. The molecule has 18 heavy (non-hydrogen) atoms. The van der Waals surface area contributed by atoms with Crippen molar-refractivity contribution in [3.63, 3.8) is 0 Å². The molecule has 0 radical (unpaired) electrons. The molecule has 0 spiro atoms. The van der Waals surface area contributed by atoms with E-state index in [1.54, 1.807) is 13.3 Å². The largest absolute Gasteiger partial charge is 0.496 e. The van der Waals surface area contributed by atoms with Crippen LogP contribution in [0.4, 0.5) is 5.82 Å². The van der Waals surface area contributed by atoms with Crippen molar-refractivity contribution in [1.29, 1.82) is 5.26 Å². The van der Waals surface area contributed by atoms with Gasteiger partial charge in [-0.3, -0.25) is 0 Å². The second kappa shape index (κ2) is 4.84. The Kier molecular flexibility index (Phi) is 3.24. The first-order chi connectivity index (χ1) is 8.71. The highest BCUT2D eigenvalue weighted by molar-refractivity contribution is 5.76. The van der Waals surface area contributed by atoms with Gasteiger partial charge in [-0.1, -0.05) is 13.0 Å². The second-order valence-corrected chi connectivity index (χ2v) is 3.98. The van der Waals surface area contributed by atoms with Crippen LogP contribution in [0.25, 0.3) is 11.1 Å². The van der Waals surface area contributed by atoms with Crippen LogP contribution in [0.15, 0.2) is 24.4 Å². The van der Waals surface area contributed by atoms with Crippen LogP contribution in [0.3, 0.4) is 0 Å². The Bertz CT molecular complexity index is 608. The van der Waals surface area contributed by atoms with Gasteiger partial charge < -0.3 is 15.5 Å². The van der Waals surface area contributed by atoms with Crippen LogP contribution in [0.5, 0.6) is 5.75 Å². The van der Waals surface area contributed by atoms with E-state index in [1.165, 1.54) is 0 Å². The lowest BCUT2D eigenvalue weighted by atomic mass is 10.0. The molecule has 0 saturated heterocycles. The number of nitrogens with two attached hydrogens (primary N) is 1. The quantitative estimate of drug-likeness (QED) is 0.867. The van der Waals surface area contributed by atoms with Crippen LogP contribution in [0.1, 0.15) is 18.1 Å². The minimum atomic E-state index is 0.404. The summed E-state index contributed by atoms with van der Waals surface area (Å²) in [5.74, 6) is 1.27.